The lowest BCUT2D eigenvalue weighted by atomic mass is 10.1. The molecule has 1 saturated heterocycles. The van der Waals surface area contributed by atoms with E-state index in [-0.39, 0.29) is 11.7 Å². The van der Waals surface area contributed by atoms with Crippen LogP contribution in [0.2, 0.25) is 0 Å². The molecule has 0 radical (unpaired) electrons. The highest BCUT2D eigenvalue weighted by Crippen LogP contribution is 2.15. The molecule has 0 spiro atoms. The number of nitrogen functional groups attached to an aromatic ring is 1. The molecule has 0 aliphatic carbocycles. The van der Waals surface area contributed by atoms with Gasteiger partial charge in [-0.15, -0.1) is 0 Å². The highest BCUT2D eigenvalue weighted by Gasteiger charge is 2.19. The molecule has 21 heavy (non-hydrogen) atoms. The van der Waals surface area contributed by atoms with E-state index in [1.165, 1.54) is 12.1 Å². The average Bonchev–Trinajstić information content (AvgIpc) is 2.42. The van der Waals surface area contributed by atoms with Crippen molar-refractivity contribution in [1.29, 1.82) is 5.41 Å². The van der Waals surface area contributed by atoms with Gasteiger partial charge in [0.15, 0.2) is 0 Å². The van der Waals surface area contributed by atoms with Gasteiger partial charge in [0.05, 0.1) is 0 Å². The van der Waals surface area contributed by atoms with Gasteiger partial charge in [0, 0.05) is 44.8 Å². The Balaban J connectivity index is 1.96. The molecule has 4 nitrogen and oxygen atoms in total. The molecular formula is C16H25FN4. The van der Waals surface area contributed by atoms with Gasteiger partial charge in [-0.3, -0.25) is 10.3 Å². The molecule has 5 heteroatoms. The lowest BCUT2D eigenvalue weighted by Gasteiger charge is -2.35. The Morgan fingerprint density at radius 1 is 1.24 bits per heavy atom. The summed E-state index contributed by atoms with van der Waals surface area (Å²) in [7, 11) is 0. The molecule has 0 unspecified atom stereocenters. The maximum Gasteiger partial charge on any atom is 0.123 e. The minimum Gasteiger partial charge on any atom is -0.384 e. The van der Waals surface area contributed by atoms with Gasteiger partial charge < -0.3 is 10.6 Å². The van der Waals surface area contributed by atoms with Crippen LogP contribution in [-0.4, -0.2) is 48.4 Å². The summed E-state index contributed by atoms with van der Waals surface area (Å²) in [5.41, 5.74) is 7.00. The van der Waals surface area contributed by atoms with Gasteiger partial charge in [0.1, 0.15) is 11.7 Å². The molecule has 116 valence electrons. The van der Waals surface area contributed by atoms with Crippen LogP contribution in [0.1, 0.15) is 25.0 Å². The number of nitrogens with one attached hydrogen (secondary N) is 1. The van der Waals surface area contributed by atoms with Crippen LogP contribution >= 0.6 is 0 Å². The largest absolute Gasteiger partial charge is 0.384 e. The van der Waals surface area contributed by atoms with Crippen LogP contribution in [0.25, 0.3) is 0 Å². The number of rotatable bonds is 5. The summed E-state index contributed by atoms with van der Waals surface area (Å²) in [6, 6.07) is 4.54. The molecule has 3 N–H and O–H groups in total. The second kappa shape index (κ2) is 7.00. The second-order valence-electron chi connectivity index (χ2n) is 6.19. The lowest BCUT2D eigenvalue weighted by molar-refractivity contribution is 0.117. The van der Waals surface area contributed by atoms with Crippen LogP contribution in [0.15, 0.2) is 18.2 Å². The molecule has 1 aliphatic rings. The topological polar surface area (TPSA) is 56.4 Å². The molecule has 1 fully saturated rings. The molecule has 0 aromatic heterocycles. The first-order valence-electron chi connectivity index (χ1n) is 7.53. The van der Waals surface area contributed by atoms with Crippen LogP contribution < -0.4 is 5.73 Å². The fraction of sp³-hybridized carbons (Fsp3) is 0.562. The van der Waals surface area contributed by atoms with Gasteiger partial charge >= 0.3 is 0 Å². The zero-order chi connectivity index (χ0) is 15.4. The number of halogens is 1. The highest BCUT2D eigenvalue weighted by molar-refractivity contribution is 5.96. The predicted octanol–water partition coefficient (Wildman–Crippen LogP) is 1.88. The van der Waals surface area contributed by atoms with E-state index in [0.29, 0.717) is 11.5 Å². The maximum atomic E-state index is 13.3. The predicted molar refractivity (Wildman–Crippen MR) is 84.0 cm³/mol. The molecule has 0 bridgehead atoms. The molecule has 1 aromatic carbocycles. The van der Waals surface area contributed by atoms with Crippen molar-refractivity contribution in [3.05, 3.63) is 35.1 Å². The molecule has 0 atom stereocenters. The average molecular weight is 292 g/mol. The summed E-state index contributed by atoms with van der Waals surface area (Å²) in [4.78, 5) is 4.83. The van der Waals surface area contributed by atoms with E-state index >= 15 is 0 Å². The summed E-state index contributed by atoms with van der Waals surface area (Å²) < 4.78 is 13.3. The molecule has 1 aliphatic heterocycles. The second-order valence-corrected chi connectivity index (χ2v) is 6.19. The van der Waals surface area contributed by atoms with Crippen molar-refractivity contribution in [3.8, 4) is 0 Å². The van der Waals surface area contributed by atoms with Crippen molar-refractivity contribution in [1.82, 2.24) is 9.80 Å². The number of piperazine rings is 1. The van der Waals surface area contributed by atoms with Crippen LogP contribution in [-0.2, 0) is 6.54 Å². The SMILES string of the molecule is CC(C)CN1CCN(Cc2ccc(F)cc2C(=N)N)CC1. The Morgan fingerprint density at radius 2 is 1.86 bits per heavy atom. The van der Waals surface area contributed by atoms with Gasteiger partial charge in [0.2, 0.25) is 0 Å². The smallest absolute Gasteiger partial charge is 0.123 e. The van der Waals surface area contributed by atoms with Gasteiger partial charge in [-0.05, 0) is 23.6 Å². The zero-order valence-electron chi connectivity index (χ0n) is 12.9. The zero-order valence-corrected chi connectivity index (χ0v) is 12.9. The van der Waals surface area contributed by atoms with Gasteiger partial charge in [-0.2, -0.15) is 0 Å². The quantitative estimate of drug-likeness (QED) is 0.643. The van der Waals surface area contributed by atoms with Crippen molar-refractivity contribution >= 4 is 5.84 Å². The van der Waals surface area contributed by atoms with E-state index in [0.717, 1.165) is 44.8 Å². The van der Waals surface area contributed by atoms with Crippen molar-refractivity contribution in [2.75, 3.05) is 32.7 Å². The van der Waals surface area contributed by atoms with Crippen LogP contribution in [0, 0.1) is 17.1 Å². The molecule has 1 heterocycles. The van der Waals surface area contributed by atoms with Gasteiger partial charge in [-0.25, -0.2) is 4.39 Å². The Bertz CT molecular complexity index is 493. The van der Waals surface area contributed by atoms with Crippen molar-refractivity contribution in [2.45, 2.75) is 20.4 Å². The van der Waals surface area contributed by atoms with Crippen LogP contribution in [0.5, 0.6) is 0 Å². The number of hydrogen-bond acceptors (Lipinski definition) is 3. The number of nitrogens with two attached hydrogens (primary N) is 1. The lowest BCUT2D eigenvalue weighted by Crippen LogP contribution is -2.47. The van der Waals surface area contributed by atoms with Crippen LogP contribution in [0.4, 0.5) is 4.39 Å². The number of hydrogen-bond donors (Lipinski definition) is 2. The molecule has 0 amide bonds. The number of benzene rings is 1. The van der Waals surface area contributed by atoms with Crippen molar-refractivity contribution in [2.24, 2.45) is 11.7 Å². The van der Waals surface area contributed by atoms with E-state index < -0.39 is 0 Å². The molecule has 0 saturated carbocycles. The highest BCUT2D eigenvalue weighted by atomic mass is 19.1. The number of amidine groups is 1. The van der Waals surface area contributed by atoms with E-state index in [1.807, 2.05) is 0 Å². The van der Waals surface area contributed by atoms with Crippen LogP contribution in [0.3, 0.4) is 0 Å². The molecule has 2 rings (SSSR count). The van der Waals surface area contributed by atoms with E-state index in [4.69, 9.17) is 11.1 Å². The normalized spacial score (nSPS) is 17.3. The molecule has 1 aromatic rings. The van der Waals surface area contributed by atoms with Crippen molar-refractivity contribution < 1.29 is 4.39 Å². The monoisotopic (exact) mass is 292 g/mol. The third kappa shape index (κ3) is 4.51. The third-order valence-corrected chi connectivity index (χ3v) is 3.84. The van der Waals surface area contributed by atoms with E-state index in [2.05, 4.69) is 23.6 Å². The Labute approximate surface area is 126 Å². The summed E-state index contributed by atoms with van der Waals surface area (Å²) in [5, 5.41) is 7.58. The number of nitrogens with zero attached hydrogens (tertiary/aromatic N) is 2. The van der Waals surface area contributed by atoms with Crippen molar-refractivity contribution in [3.63, 3.8) is 0 Å². The maximum absolute atomic E-state index is 13.3. The summed E-state index contributed by atoms with van der Waals surface area (Å²) in [6.45, 7) is 10.5. The first kappa shape index (κ1) is 15.9. The summed E-state index contributed by atoms with van der Waals surface area (Å²) in [5.74, 6) is 0.284. The van der Waals surface area contributed by atoms with Gasteiger partial charge in [0.25, 0.3) is 0 Å². The summed E-state index contributed by atoms with van der Waals surface area (Å²) in [6.07, 6.45) is 0. The first-order valence-corrected chi connectivity index (χ1v) is 7.53. The minimum absolute atomic E-state index is 0.0667. The van der Waals surface area contributed by atoms with Gasteiger partial charge in [-0.1, -0.05) is 19.9 Å². The summed E-state index contributed by atoms with van der Waals surface area (Å²) >= 11 is 0. The molecular weight excluding hydrogens is 267 g/mol. The third-order valence-electron chi connectivity index (χ3n) is 3.84. The Kier molecular flexibility index (Phi) is 5.31. The fourth-order valence-electron chi connectivity index (χ4n) is 2.82. The van der Waals surface area contributed by atoms with E-state index in [9.17, 15) is 4.39 Å². The standard InChI is InChI=1S/C16H25FN4/c1-12(2)10-20-5-7-21(8-6-20)11-13-3-4-14(17)9-15(13)16(18)19/h3-4,9,12H,5-8,10-11H2,1-2H3,(H3,18,19). The Morgan fingerprint density at radius 3 is 2.43 bits per heavy atom. The first-order chi connectivity index (χ1) is 9.95. The van der Waals surface area contributed by atoms with E-state index in [1.54, 1.807) is 6.07 Å². The Hall–Kier alpha value is -1.46. The fourth-order valence-corrected chi connectivity index (χ4v) is 2.82. The minimum atomic E-state index is -0.342.